The molecule has 3 aromatic rings. The number of barbiturate groups is 1. The van der Waals surface area contributed by atoms with Crippen LogP contribution >= 0.6 is 27.5 Å². The van der Waals surface area contributed by atoms with Crippen molar-refractivity contribution in [3.8, 4) is 5.75 Å². The highest BCUT2D eigenvalue weighted by Gasteiger charge is 2.37. The molecule has 0 atom stereocenters. The van der Waals surface area contributed by atoms with Crippen LogP contribution in [0.5, 0.6) is 5.75 Å². The molecule has 3 aromatic carbocycles. The molecule has 4 rings (SSSR count). The van der Waals surface area contributed by atoms with Crippen molar-refractivity contribution in [3.05, 3.63) is 93.2 Å². The highest BCUT2D eigenvalue weighted by molar-refractivity contribution is 9.10. The van der Waals surface area contributed by atoms with Crippen LogP contribution in [0, 0.1) is 5.82 Å². The number of nitrogens with one attached hydrogen (secondary N) is 1. The van der Waals surface area contributed by atoms with Gasteiger partial charge in [-0.25, -0.2) is 14.1 Å². The van der Waals surface area contributed by atoms with E-state index in [4.69, 9.17) is 15.8 Å². The molecule has 1 N–H and O–H groups in total. The summed E-state index contributed by atoms with van der Waals surface area (Å²) in [7, 11) is -4.29. The minimum Gasteiger partial charge on any atom is -0.378 e. The van der Waals surface area contributed by atoms with Gasteiger partial charge >= 0.3 is 16.1 Å². The van der Waals surface area contributed by atoms with Gasteiger partial charge < -0.3 is 4.18 Å². The van der Waals surface area contributed by atoms with Crippen molar-refractivity contribution in [1.29, 1.82) is 0 Å². The molecular formula is C23H13BrClFN2O6S. The number of imide groups is 2. The lowest BCUT2D eigenvalue weighted by molar-refractivity contribution is -0.122. The van der Waals surface area contributed by atoms with Gasteiger partial charge in [-0.15, -0.1) is 0 Å². The first kappa shape index (κ1) is 24.6. The Morgan fingerprint density at radius 3 is 2.29 bits per heavy atom. The van der Waals surface area contributed by atoms with Crippen LogP contribution in [0.15, 0.2) is 81.7 Å². The van der Waals surface area contributed by atoms with Gasteiger partial charge in [0.25, 0.3) is 11.8 Å². The van der Waals surface area contributed by atoms with Gasteiger partial charge in [0, 0.05) is 15.1 Å². The average molecular weight is 580 g/mol. The molecule has 1 saturated heterocycles. The van der Waals surface area contributed by atoms with E-state index in [2.05, 4.69) is 15.9 Å². The first-order valence-corrected chi connectivity index (χ1v) is 12.3. The van der Waals surface area contributed by atoms with Gasteiger partial charge in [-0.1, -0.05) is 27.5 Å². The van der Waals surface area contributed by atoms with Gasteiger partial charge in [0.1, 0.15) is 22.0 Å². The Morgan fingerprint density at radius 2 is 1.63 bits per heavy atom. The molecular weight excluding hydrogens is 567 g/mol. The summed E-state index contributed by atoms with van der Waals surface area (Å²) < 4.78 is 44.6. The molecule has 1 fully saturated rings. The van der Waals surface area contributed by atoms with Crippen LogP contribution in [0.2, 0.25) is 5.02 Å². The molecule has 1 heterocycles. The SMILES string of the molecule is O=C1NC(=O)N(c2ccc(F)cc2)C(=O)/C1=C/c1cc(Br)ccc1OS(=O)(=O)c1ccc(Cl)cc1. The van der Waals surface area contributed by atoms with Gasteiger partial charge in [-0.2, -0.15) is 8.42 Å². The second-order valence-electron chi connectivity index (χ2n) is 7.11. The summed E-state index contributed by atoms with van der Waals surface area (Å²) in [6.07, 6.45) is 1.10. The third-order valence-electron chi connectivity index (χ3n) is 4.76. The molecule has 8 nitrogen and oxygen atoms in total. The van der Waals surface area contributed by atoms with E-state index in [1.807, 2.05) is 5.32 Å². The quantitative estimate of drug-likeness (QED) is 0.267. The molecule has 0 aromatic heterocycles. The van der Waals surface area contributed by atoms with Gasteiger partial charge in [0.2, 0.25) is 0 Å². The molecule has 0 aliphatic carbocycles. The van der Waals surface area contributed by atoms with Crippen molar-refractivity contribution in [1.82, 2.24) is 5.32 Å². The summed E-state index contributed by atoms with van der Waals surface area (Å²) in [5.74, 6) is -2.74. The number of carbonyl (C=O) groups excluding carboxylic acids is 3. The van der Waals surface area contributed by atoms with Gasteiger partial charge in [0.05, 0.1) is 5.69 Å². The Morgan fingerprint density at radius 1 is 0.971 bits per heavy atom. The van der Waals surface area contributed by atoms with E-state index >= 15 is 0 Å². The molecule has 178 valence electrons. The Kier molecular flexibility index (Phi) is 6.75. The maximum atomic E-state index is 13.3. The summed E-state index contributed by atoms with van der Waals surface area (Å²) in [5.41, 5.74) is -0.382. The average Bonchev–Trinajstić information content (AvgIpc) is 2.79. The Balaban J connectivity index is 1.74. The van der Waals surface area contributed by atoms with E-state index in [0.29, 0.717) is 14.4 Å². The molecule has 1 aliphatic rings. The number of amides is 4. The second kappa shape index (κ2) is 9.61. The zero-order valence-electron chi connectivity index (χ0n) is 17.4. The van der Waals surface area contributed by atoms with E-state index in [9.17, 15) is 27.2 Å². The third kappa shape index (κ3) is 5.26. The number of hydrogen-bond acceptors (Lipinski definition) is 6. The first-order valence-electron chi connectivity index (χ1n) is 9.72. The highest BCUT2D eigenvalue weighted by Crippen LogP contribution is 2.30. The largest absolute Gasteiger partial charge is 0.378 e. The van der Waals surface area contributed by atoms with Crippen LogP contribution in [0.4, 0.5) is 14.9 Å². The zero-order chi connectivity index (χ0) is 25.3. The molecule has 12 heteroatoms. The summed E-state index contributed by atoms with van der Waals surface area (Å²) in [4.78, 5) is 38.4. The van der Waals surface area contributed by atoms with Crippen molar-refractivity contribution < 1.29 is 31.4 Å². The minimum atomic E-state index is -4.29. The summed E-state index contributed by atoms with van der Waals surface area (Å²) in [6.45, 7) is 0. The topological polar surface area (TPSA) is 110 Å². The number of benzene rings is 3. The van der Waals surface area contributed by atoms with Crippen molar-refractivity contribution in [2.24, 2.45) is 0 Å². The molecule has 0 saturated carbocycles. The third-order valence-corrected chi connectivity index (χ3v) is 6.75. The summed E-state index contributed by atoms with van der Waals surface area (Å²) >= 11 is 9.06. The molecule has 4 amide bonds. The van der Waals surface area contributed by atoms with Crippen LogP contribution in [-0.4, -0.2) is 26.3 Å². The van der Waals surface area contributed by atoms with Crippen molar-refractivity contribution in [2.75, 3.05) is 4.90 Å². The van der Waals surface area contributed by atoms with Crippen LogP contribution in [0.1, 0.15) is 5.56 Å². The predicted octanol–water partition coefficient (Wildman–Crippen LogP) is 4.68. The molecule has 35 heavy (non-hydrogen) atoms. The van der Waals surface area contributed by atoms with Crippen LogP contribution in [0.3, 0.4) is 0 Å². The van der Waals surface area contributed by atoms with Crippen LogP contribution < -0.4 is 14.4 Å². The van der Waals surface area contributed by atoms with Gasteiger partial charge in [-0.3, -0.25) is 14.9 Å². The number of rotatable bonds is 5. The van der Waals surface area contributed by atoms with E-state index < -0.39 is 39.4 Å². The van der Waals surface area contributed by atoms with Crippen LogP contribution in [0.25, 0.3) is 6.08 Å². The lowest BCUT2D eigenvalue weighted by Crippen LogP contribution is -2.54. The summed E-state index contributed by atoms with van der Waals surface area (Å²) in [5, 5.41) is 2.37. The molecule has 0 bridgehead atoms. The number of urea groups is 1. The standard InChI is InChI=1S/C23H13BrClFN2O6S/c24-14-1-10-20(34-35(32,33)18-8-2-15(25)3-9-18)13(11-14)12-19-21(29)27-23(31)28(22(19)30)17-6-4-16(26)5-7-17/h1-12H,(H,27,29,31)/b19-12+. The van der Waals surface area contributed by atoms with Crippen molar-refractivity contribution in [2.45, 2.75) is 4.90 Å². The Labute approximate surface area is 212 Å². The number of nitrogens with zero attached hydrogens (tertiary/aromatic N) is 1. The molecule has 0 spiro atoms. The van der Waals surface area contributed by atoms with Crippen LogP contribution in [-0.2, 0) is 19.7 Å². The maximum absolute atomic E-state index is 13.3. The lowest BCUT2D eigenvalue weighted by Gasteiger charge is -2.26. The fourth-order valence-electron chi connectivity index (χ4n) is 3.11. The smallest absolute Gasteiger partial charge is 0.339 e. The second-order valence-corrected chi connectivity index (χ2v) is 10.0. The van der Waals surface area contributed by atoms with Crippen molar-refractivity contribution >= 4 is 67.3 Å². The highest BCUT2D eigenvalue weighted by atomic mass is 79.9. The van der Waals surface area contributed by atoms with Gasteiger partial charge in [0.15, 0.2) is 0 Å². The minimum absolute atomic E-state index is 0.0309. The molecule has 1 aliphatic heterocycles. The monoisotopic (exact) mass is 578 g/mol. The number of hydrogen-bond donors (Lipinski definition) is 1. The number of halogens is 3. The number of anilines is 1. The van der Waals surface area contributed by atoms with E-state index in [-0.39, 0.29) is 21.9 Å². The molecule has 0 unspecified atom stereocenters. The fourth-order valence-corrected chi connectivity index (χ4v) is 4.57. The normalized spacial score (nSPS) is 15.3. The Bertz CT molecular complexity index is 1490. The summed E-state index contributed by atoms with van der Waals surface area (Å²) in [6, 6.07) is 13.1. The van der Waals surface area contributed by atoms with E-state index in [1.165, 1.54) is 54.6 Å². The van der Waals surface area contributed by atoms with Gasteiger partial charge in [-0.05, 0) is 72.8 Å². The first-order chi connectivity index (χ1) is 16.5. The lowest BCUT2D eigenvalue weighted by atomic mass is 10.1. The maximum Gasteiger partial charge on any atom is 0.339 e. The zero-order valence-corrected chi connectivity index (χ0v) is 20.5. The van der Waals surface area contributed by atoms with Crippen molar-refractivity contribution in [3.63, 3.8) is 0 Å². The van der Waals surface area contributed by atoms with E-state index in [1.54, 1.807) is 0 Å². The predicted molar refractivity (Wildman–Crippen MR) is 129 cm³/mol. The molecule has 0 radical (unpaired) electrons. The van der Waals surface area contributed by atoms with E-state index in [0.717, 1.165) is 18.2 Å². The number of carbonyl (C=O) groups is 3. The fraction of sp³-hybridized carbons (Fsp3) is 0. The Hall–Kier alpha value is -3.54.